The van der Waals surface area contributed by atoms with E-state index in [2.05, 4.69) is 28.5 Å². The van der Waals surface area contributed by atoms with Crippen molar-refractivity contribution in [3.05, 3.63) is 41.7 Å². The van der Waals surface area contributed by atoms with E-state index in [0.29, 0.717) is 6.04 Å². The van der Waals surface area contributed by atoms with Crippen LogP contribution in [0.25, 0.3) is 5.52 Å². The lowest BCUT2D eigenvalue weighted by Gasteiger charge is -2.33. The van der Waals surface area contributed by atoms with Crippen LogP contribution in [0.4, 0.5) is 0 Å². The molecule has 0 bridgehead atoms. The van der Waals surface area contributed by atoms with Crippen molar-refractivity contribution in [2.24, 2.45) is 5.92 Å². The number of pyridine rings is 1. The molecule has 3 heterocycles. The number of rotatable bonds is 2. The maximum atomic E-state index is 9.60. The van der Waals surface area contributed by atoms with Gasteiger partial charge in [0.05, 0.1) is 11.1 Å². The first kappa shape index (κ1) is 13.8. The Morgan fingerprint density at radius 2 is 2.14 bits per heavy atom. The number of nitrogens with zero attached hydrogens (tertiary/aromatic N) is 3. The van der Waals surface area contributed by atoms with Gasteiger partial charge in [0.15, 0.2) is 0 Å². The Hall–Kier alpha value is -1.79. The van der Waals surface area contributed by atoms with Crippen molar-refractivity contribution >= 4 is 5.52 Å². The lowest BCUT2D eigenvalue weighted by Crippen LogP contribution is -2.37. The van der Waals surface area contributed by atoms with Crippen LogP contribution in [-0.4, -0.2) is 21.4 Å². The number of hydrogen-bond acceptors (Lipinski definition) is 2. The zero-order chi connectivity index (χ0) is 15.1. The summed E-state index contributed by atoms with van der Waals surface area (Å²) in [5, 5.41) is 9.60. The van der Waals surface area contributed by atoms with E-state index in [1.807, 2.05) is 24.4 Å². The van der Waals surface area contributed by atoms with Gasteiger partial charge in [-0.25, -0.2) is 0 Å². The molecule has 4 rings (SSSR count). The van der Waals surface area contributed by atoms with Crippen LogP contribution in [0.15, 0.2) is 30.6 Å². The van der Waals surface area contributed by atoms with E-state index in [9.17, 15) is 5.26 Å². The highest BCUT2D eigenvalue weighted by atomic mass is 15.2. The van der Waals surface area contributed by atoms with E-state index >= 15 is 0 Å². The number of hydrogen-bond donors (Lipinski definition) is 0. The largest absolute Gasteiger partial charge is 0.322 e. The molecule has 2 aliphatic rings. The molecule has 0 spiro atoms. The second-order valence-electron chi connectivity index (χ2n) is 7.00. The SMILES string of the molecule is CC1CC2CCCCC2N1Cc1cn2ccccc2c1C#N. The van der Waals surface area contributed by atoms with Gasteiger partial charge < -0.3 is 4.40 Å². The molecular weight excluding hydrogens is 270 g/mol. The van der Waals surface area contributed by atoms with E-state index < -0.39 is 0 Å². The highest BCUT2D eigenvalue weighted by Crippen LogP contribution is 2.40. The Labute approximate surface area is 132 Å². The molecule has 3 unspecified atom stereocenters. The summed E-state index contributed by atoms with van der Waals surface area (Å²) in [6, 6.07) is 9.88. The standard InChI is InChI=1S/C19H23N3/c1-14-10-15-6-2-3-7-18(15)22(14)13-16-12-21-9-5-4-8-19(21)17(16)11-20/h4-5,8-9,12,14-15,18H,2-3,6-7,10,13H2,1H3. The molecule has 22 heavy (non-hydrogen) atoms. The third-order valence-corrected chi connectivity index (χ3v) is 5.73. The molecule has 1 saturated carbocycles. The molecule has 1 saturated heterocycles. The molecule has 0 radical (unpaired) electrons. The minimum absolute atomic E-state index is 0.641. The summed E-state index contributed by atoms with van der Waals surface area (Å²) >= 11 is 0. The van der Waals surface area contributed by atoms with E-state index in [0.717, 1.165) is 29.6 Å². The molecule has 3 nitrogen and oxygen atoms in total. The summed E-state index contributed by atoms with van der Waals surface area (Å²) in [5.74, 6) is 0.881. The molecule has 3 heteroatoms. The summed E-state index contributed by atoms with van der Waals surface area (Å²) in [6.07, 6.45) is 11.0. The third kappa shape index (κ3) is 2.14. The van der Waals surface area contributed by atoms with Gasteiger partial charge in [0.2, 0.25) is 0 Å². The van der Waals surface area contributed by atoms with E-state index in [4.69, 9.17) is 0 Å². The van der Waals surface area contributed by atoms with Crippen LogP contribution in [0, 0.1) is 17.2 Å². The Morgan fingerprint density at radius 3 is 3.00 bits per heavy atom. The molecule has 0 amide bonds. The van der Waals surface area contributed by atoms with Crippen molar-refractivity contribution in [3.63, 3.8) is 0 Å². The predicted molar refractivity (Wildman–Crippen MR) is 87.5 cm³/mol. The first-order chi connectivity index (χ1) is 10.8. The van der Waals surface area contributed by atoms with E-state index in [-0.39, 0.29) is 0 Å². The zero-order valence-electron chi connectivity index (χ0n) is 13.2. The number of likely N-dealkylation sites (tertiary alicyclic amines) is 1. The molecule has 1 aliphatic heterocycles. The topological polar surface area (TPSA) is 31.4 Å². The van der Waals surface area contributed by atoms with Gasteiger partial charge in [0.25, 0.3) is 0 Å². The van der Waals surface area contributed by atoms with Crippen molar-refractivity contribution in [3.8, 4) is 6.07 Å². The van der Waals surface area contributed by atoms with Gasteiger partial charge >= 0.3 is 0 Å². The van der Waals surface area contributed by atoms with E-state index in [1.54, 1.807) is 0 Å². The molecule has 2 fully saturated rings. The van der Waals surface area contributed by atoms with Crippen LogP contribution in [0.3, 0.4) is 0 Å². The molecular formula is C19H23N3. The third-order valence-electron chi connectivity index (χ3n) is 5.73. The molecule has 1 aliphatic carbocycles. The van der Waals surface area contributed by atoms with Gasteiger partial charge in [-0.2, -0.15) is 5.26 Å². The van der Waals surface area contributed by atoms with Crippen LogP contribution in [0.1, 0.15) is 50.2 Å². The summed E-state index contributed by atoms with van der Waals surface area (Å²) in [4.78, 5) is 2.67. The average Bonchev–Trinajstić information content (AvgIpc) is 3.05. The summed E-state index contributed by atoms with van der Waals surface area (Å²) in [7, 11) is 0. The number of aromatic nitrogens is 1. The second kappa shape index (κ2) is 5.44. The monoisotopic (exact) mass is 293 g/mol. The maximum absolute atomic E-state index is 9.60. The highest BCUT2D eigenvalue weighted by molar-refractivity contribution is 5.65. The fraction of sp³-hybridized carbons (Fsp3) is 0.526. The Kier molecular flexibility index (Phi) is 3.43. The minimum atomic E-state index is 0.641. The molecule has 2 aromatic heterocycles. The van der Waals surface area contributed by atoms with Crippen LogP contribution in [0.5, 0.6) is 0 Å². The van der Waals surface area contributed by atoms with Crippen LogP contribution in [-0.2, 0) is 6.54 Å². The summed E-state index contributed by atoms with van der Waals surface area (Å²) < 4.78 is 2.09. The van der Waals surface area contributed by atoms with Gasteiger partial charge in [-0.3, -0.25) is 4.90 Å². The van der Waals surface area contributed by atoms with Crippen molar-refractivity contribution in [2.45, 2.75) is 57.7 Å². The normalized spacial score (nSPS) is 28.6. The molecule has 0 N–H and O–H groups in total. The molecule has 3 atom stereocenters. The van der Waals surface area contributed by atoms with Crippen molar-refractivity contribution < 1.29 is 0 Å². The quantitative estimate of drug-likeness (QED) is 0.839. The Bertz CT molecular complexity index is 724. The summed E-state index contributed by atoms with van der Waals surface area (Å²) in [6.45, 7) is 3.28. The smallest absolute Gasteiger partial charge is 0.102 e. The molecule has 0 aromatic carbocycles. The zero-order valence-corrected chi connectivity index (χ0v) is 13.2. The van der Waals surface area contributed by atoms with Gasteiger partial charge in [-0.15, -0.1) is 0 Å². The lowest BCUT2D eigenvalue weighted by atomic mass is 9.85. The van der Waals surface area contributed by atoms with Crippen LogP contribution >= 0.6 is 0 Å². The average molecular weight is 293 g/mol. The van der Waals surface area contributed by atoms with Gasteiger partial charge in [0, 0.05) is 36.6 Å². The minimum Gasteiger partial charge on any atom is -0.322 e. The van der Waals surface area contributed by atoms with Crippen molar-refractivity contribution in [1.29, 1.82) is 5.26 Å². The van der Waals surface area contributed by atoms with Gasteiger partial charge in [0.1, 0.15) is 6.07 Å². The Balaban J connectivity index is 1.67. The van der Waals surface area contributed by atoms with Crippen LogP contribution < -0.4 is 0 Å². The highest BCUT2D eigenvalue weighted by Gasteiger charge is 2.40. The predicted octanol–water partition coefficient (Wildman–Crippen LogP) is 3.96. The number of fused-ring (bicyclic) bond motifs is 2. The number of nitriles is 1. The Morgan fingerprint density at radius 1 is 1.27 bits per heavy atom. The molecule has 2 aromatic rings. The second-order valence-corrected chi connectivity index (χ2v) is 7.00. The lowest BCUT2D eigenvalue weighted by molar-refractivity contribution is 0.149. The van der Waals surface area contributed by atoms with E-state index in [1.165, 1.54) is 37.7 Å². The maximum Gasteiger partial charge on any atom is 0.102 e. The van der Waals surface area contributed by atoms with Crippen LogP contribution in [0.2, 0.25) is 0 Å². The summed E-state index contributed by atoms with van der Waals surface area (Å²) in [5.41, 5.74) is 3.07. The van der Waals surface area contributed by atoms with Crippen molar-refractivity contribution in [2.75, 3.05) is 0 Å². The fourth-order valence-corrected chi connectivity index (χ4v) is 4.70. The first-order valence-corrected chi connectivity index (χ1v) is 8.52. The fourth-order valence-electron chi connectivity index (χ4n) is 4.70. The van der Waals surface area contributed by atoms with Crippen molar-refractivity contribution in [1.82, 2.24) is 9.30 Å². The van der Waals surface area contributed by atoms with Gasteiger partial charge in [-0.1, -0.05) is 18.9 Å². The molecule has 114 valence electrons. The first-order valence-electron chi connectivity index (χ1n) is 8.52. The van der Waals surface area contributed by atoms with Gasteiger partial charge in [-0.05, 0) is 44.2 Å².